The van der Waals surface area contributed by atoms with Crippen molar-refractivity contribution in [3.63, 3.8) is 0 Å². The van der Waals surface area contributed by atoms with E-state index in [0.29, 0.717) is 0 Å². The van der Waals surface area contributed by atoms with Gasteiger partial charge in [0.05, 0.1) is 0 Å². The summed E-state index contributed by atoms with van der Waals surface area (Å²) in [7, 11) is -2.90. The van der Waals surface area contributed by atoms with Gasteiger partial charge in [-0.1, -0.05) is 25.7 Å². The molecule has 4 atom stereocenters. The molecule has 2 fully saturated rings. The van der Waals surface area contributed by atoms with Gasteiger partial charge >= 0.3 is 20.4 Å². The summed E-state index contributed by atoms with van der Waals surface area (Å²) in [6.07, 6.45) is 5.29. The highest BCUT2D eigenvalue weighted by Crippen LogP contribution is 2.25. The maximum atomic E-state index is 11.7. The summed E-state index contributed by atoms with van der Waals surface area (Å²) in [5.41, 5.74) is 11.8. The van der Waals surface area contributed by atoms with Crippen LogP contribution in [0.25, 0.3) is 0 Å². The molecule has 0 aromatic rings. The largest absolute Gasteiger partial charge is 0.815 e. The van der Waals surface area contributed by atoms with Gasteiger partial charge in [-0.2, -0.15) is 9.05 Å². The SMILES string of the molecule is NC1CCCCC1NC(=O)O[P+](=O)OC(=O)NC1CCCCC1N. The zero-order chi connectivity index (χ0) is 17.5. The topological polar surface area (TPSA) is 146 Å². The van der Waals surface area contributed by atoms with Crippen molar-refractivity contribution in [2.45, 2.75) is 75.5 Å². The van der Waals surface area contributed by atoms with Crippen molar-refractivity contribution in [2.24, 2.45) is 11.5 Å². The summed E-state index contributed by atoms with van der Waals surface area (Å²) < 4.78 is 20.8. The van der Waals surface area contributed by atoms with Crippen molar-refractivity contribution in [1.29, 1.82) is 0 Å². The van der Waals surface area contributed by atoms with Gasteiger partial charge < -0.3 is 22.1 Å². The molecule has 0 aliphatic heterocycles. The molecule has 2 rings (SSSR count). The van der Waals surface area contributed by atoms with Gasteiger partial charge in [-0.25, -0.2) is 9.59 Å². The predicted octanol–water partition coefficient (Wildman–Crippen LogP) is 1.64. The van der Waals surface area contributed by atoms with E-state index in [-0.39, 0.29) is 24.2 Å². The molecule has 2 aliphatic carbocycles. The van der Waals surface area contributed by atoms with Gasteiger partial charge in [0.1, 0.15) is 0 Å². The van der Waals surface area contributed by atoms with Crippen LogP contribution in [0.3, 0.4) is 0 Å². The van der Waals surface area contributed by atoms with E-state index in [1.54, 1.807) is 0 Å². The van der Waals surface area contributed by atoms with Gasteiger partial charge in [-0.15, -0.1) is 0 Å². The van der Waals surface area contributed by atoms with E-state index in [1.165, 1.54) is 0 Å². The molecule has 0 heterocycles. The summed E-state index contributed by atoms with van der Waals surface area (Å²) in [6, 6.07) is -0.741. The average Bonchev–Trinajstić information content (AvgIpc) is 2.51. The molecule has 2 aliphatic rings. The molecule has 0 radical (unpaired) electrons. The molecular formula is C14H26N4O5P+. The first-order valence-corrected chi connectivity index (χ1v) is 9.50. The molecule has 10 heteroatoms. The molecule has 6 N–H and O–H groups in total. The lowest BCUT2D eigenvalue weighted by Gasteiger charge is -2.28. The molecule has 2 saturated carbocycles. The summed E-state index contributed by atoms with van der Waals surface area (Å²) in [4.78, 5) is 23.4. The third-order valence-corrected chi connectivity index (χ3v) is 5.19. The fraction of sp³-hybridized carbons (Fsp3) is 0.857. The second-order valence-corrected chi connectivity index (χ2v) is 7.19. The molecule has 0 spiro atoms. The lowest BCUT2D eigenvalue weighted by atomic mass is 9.91. The molecule has 0 saturated heterocycles. The summed E-state index contributed by atoms with van der Waals surface area (Å²) >= 11 is 0. The van der Waals surface area contributed by atoms with Gasteiger partial charge in [-0.3, -0.25) is 0 Å². The Morgan fingerprint density at radius 3 is 1.54 bits per heavy atom. The van der Waals surface area contributed by atoms with Gasteiger partial charge in [0, 0.05) is 28.7 Å². The lowest BCUT2D eigenvalue weighted by molar-refractivity contribution is 0.170. The Morgan fingerprint density at radius 1 is 0.792 bits per heavy atom. The molecule has 0 bridgehead atoms. The Bertz CT molecular complexity index is 438. The van der Waals surface area contributed by atoms with Crippen LogP contribution in [0.2, 0.25) is 0 Å². The number of nitrogens with two attached hydrogens (primary N) is 2. The number of rotatable bonds is 4. The maximum absolute atomic E-state index is 11.7. The number of carbonyl (C=O) groups excluding carboxylic acids is 2. The van der Waals surface area contributed by atoms with Crippen molar-refractivity contribution in [2.75, 3.05) is 0 Å². The van der Waals surface area contributed by atoms with Crippen LogP contribution in [0, 0.1) is 0 Å². The summed E-state index contributed by atoms with van der Waals surface area (Å²) in [6.45, 7) is 0. The second kappa shape index (κ2) is 9.15. The van der Waals surface area contributed by atoms with E-state index in [4.69, 9.17) is 11.5 Å². The molecule has 136 valence electrons. The monoisotopic (exact) mass is 361 g/mol. The lowest BCUT2D eigenvalue weighted by Crippen LogP contribution is -2.49. The van der Waals surface area contributed by atoms with E-state index < -0.39 is 20.4 Å². The Kier molecular flexibility index (Phi) is 7.20. The van der Waals surface area contributed by atoms with Crippen LogP contribution in [0.15, 0.2) is 0 Å². The minimum Gasteiger partial charge on any atom is -0.326 e. The van der Waals surface area contributed by atoms with Crippen LogP contribution < -0.4 is 22.1 Å². The molecule has 2 amide bonds. The van der Waals surface area contributed by atoms with Crippen LogP contribution in [-0.2, 0) is 13.6 Å². The number of hydrogen-bond donors (Lipinski definition) is 4. The van der Waals surface area contributed by atoms with Crippen LogP contribution >= 0.6 is 8.25 Å². The first kappa shape index (κ1) is 18.9. The zero-order valence-electron chi connectivity index (χ0n) is 13.6. The predicted molar refractivity (Wildman–Crippen MR) is 87.3 cm³/mol. The molecule has 24 heavy (non-hydrogen) atoms. The Hall–Kier alpha value is -1.44. The first-order valence-electron chi connectivity index (χ1n) is 8.41. The first-order chi connectivity index (χ1) is 11.5. The maximum Gasteiger partial charge on any atom is 0.815 e. The number of nitrogens with one attached hydrogen (secondary N) is 2. The Balaban J connectivity index is 1.69. The van der Waals surface area contributed by atoms with E-state index in [1.807, 2.05) is 0 Å². The highest BCUT2D eigenvalue weighted by molar-refractivity contribution is 7.34. The van der Waals surface area contributed by atoms with Crippen LogP contribution in [0.1, 0.15) is 51.4 Å². The van der Waals surface area contributed by atoms with Crippen molar-refractivity contribution >= 4 is 20.4 Å². The van der Waals surface area contributed by atoms with Crippen molar-refractivity contribution in [3.05, 3.63) is 0 Å². The van der Waals surface area contributed by atoms with Gasteiger partial charge in [0.2, 0.25) is 0 Å². The minimum atomic E-state index is -2.90. The Morgan fingerprint density at radius 2 is 1.17 bits per heavy atom. The highest BCUT2D eigenvalue weighted by atomic mass is 31.1. The van der Waals surface area contributed by atoms with E-state index in [2.05, 4.69) is 19.7 Å². The van der Waals surface area contributed by atoms with Crippen molar-refractivity contribution < 1.29 is 23.2 Å². The summed E-state index contributed by atoms with van der Waals surface area (Å²) in [5.74, 6) is 0. The quantitative estimate of drug-likeness (QED) is 0.557. The van der Waals surface area contributed by atoms with Gasteiger partial charge in [0.25, 0.3) is 0 Å². The molecule has 0 aromatic heterocycles. The number of hydrogen-bond acceptors (Lipinski definition) is 7. The highest BCUT2D eigenvalue weighted by Gasteiger charge is 2.35. The van der Waals surface area contributed by atoms with Crippen molar-refractivity contribution in [1.82, 2.24) is 10.6 Å². The van der Waals surface area contributed by atoms with Crippen LogP contribution in [0.4, 0.5) is 9.59 Å². The van der Waals surface area contributed by atoms with Gasteiger partial charge in [0.15, 0.2) is 0 Å². The average molecular weight is 361 g/mol. The standard InChI is InChI=1S/C14H25N4O5P/c15-9-5-1-3-7-11(9)17-13(19)22-24(21)23-14(20)18-12-8-4-2-6-10(12)16/h9-12H,1-8,15-16H2,(H-,17,18,19,20)/p+1. The number of carbonyl (C=O) groups is 2. The molecule has 4 unspecified atom stereocenters. The molecule has 0 aromatic carbocycles. The van der Waals surface area contributed by atoms with E-state index >= 15 is 0 Å². The van der Waals surface area contributed by atoms with E-state index in [0.717, 1.165) is 51.4 Å². The third-order valence-electron chi connectivity index (χ3n) is 4.56. The molecule has 9 nitrogen and oxygen atoms in total. The van der Waals surface area contributed by atoms with E-state index in [9.17, 15) is 14.2 Å². The number of amides is 2. The molecular weight excluding hydrogens is 335 g/mol. The van der Waals surface area contributed by atoms with Gasteiger partial charge in [-0.05, 0) is 25.7 Å². The zero-order valence-corrected chi connectivity index (χ0v) is 14.5. The smallest absolute Gasteiger partial charge is 0.326 e. The second-order valence-electron chi connectivity index (χ2n) is 6.38. The third kappa shape index (κ3) is 5.89. The van der Waals surface area contributed by atoms with Crippen molar-refractivity contribution in [3.8, 4) is 0 Å². The van der Waals surface area contributed by atoms with Crippen LogP contribution in [-0.4, -0.2) is 36.4 Å². The summed E-state index contributed by atoms with van der Waals surface area (Å²) in [5, 5.41) is 5.12. The fourth-order valence-corrected chi connectivity index (χ4v) is 3.60. The minimum absolute atomic E-state index is 0.152. The van der Waals surface area contributed by atoms with Crippen LogP contribution in [0.5, 0.6) is 0 Å². The Labute approximate surface area is 142 Å². The normalized spacial score (nSPS) is 30.8. The fourth-order valence-electron chi connectivity index (χ4n) is 3.19.